The largest absolute Gasteiger partial charge is 0.475 e. The molecule has 7 heteroatoms. The lowest BCUT2D eigenvalue weighted by molar-refractivity contribution is 0.233. The van der Waals surface area contributed by atoms with Gasteiger partial charge in [0.15, 0.2) is 0 Å². The number of nitrogens with zero attached hydrogens (tertiary/aromatic N) is 1. The maximum absolute atomic E-state index is 12.1. The number of benzene rings is 1. The van der Waals surface area contributed by atoms with E-state index in [4.69, 9.17) is 0 Å². The molecule has 130 valence electrons. The lowest BCUT2D eigenvalue weighted by Gasteiger charge is -2.24. The molecule has 1 aromatic carbocycles. The first-order valence-electron chi connectivity index (χ1n) is 8.43. The summed E-state index contributed by atoms with van der Waals surface area (Å²) < 4.78 is 0. The van der Waals surface area contributed by atoms with Crippen molar-refractivity contribution in [1.82, 2.24) is 15.5 Å². The SMILES string of the molecule is CC=CN1CCC[C@@H]1CNC(=O)N[C@@H](Cc1ccccc1)B(O)O. The molecule has 2 atom stereocenters. The van der Waals surface area contributed by atoms with Gasteiger partial charge in [0, 0.05) is 19.1 Å². The van der Waals surface area contributed by atoms with Crippen LogP contribution in [0.25, 0.3) is 0 Å². The van der Waals surface area contributed by atoms with Crippen molar-refractivity contribution in [3.8, 4) is 0 Å². The van der Waals surface area contributed by atoms with Crippen molar-refractivity contribution >= 4 is 13.1 Å². The van der Waals surface area contributed by atoms with E-state index in [2.05, 4.69) is 15.5 Å². The zero-order chi connectivity index (χ0) is 17.4. The Morgan fingerprint density at radius 3 is 2.83 bits per heavy atom. The Morgan fingerprint density at radius 1 is 1.42 bits per heavy atom. The summed E-state index contributed by atoms with van der Waals surface area (Å²) in [4.78, 5) is 14.3. The van der Waals surface area contributed by atoms with Crippen LogP contribution in [-0.4, -0.2) is 53.2 Å². The molecule has 0 spiro atoms. The average molecular weight is 331 g/mol. The molecule has 2 rings (SSSR count). The summed E-state index contributed by atoms with van der Waals surface area (Å²) in [5.41, 5.74) is 0.936. The van der Waals surface area contributed by atoms with Crippen molar-refractivity contribution in [2.45, 2.75) is 38.2 Å². The summed E-state index contributed by atoms with van der Waals surface area (Å²) in [6.07, 6.45) is 6.56. The van der Waals surface area contributed by atoms with Gasteiger partial charge in [0.05, 0.1) is 5.94 Å². The average Bonchev–Trinajstić information content (AvgIpc) is 3.01. The Balaban J connectivity index is 1.82. The zero-order valence-corrected chi connectivity index (χ0v) is 14.1. The molecule has 0 aromatic heterocycles. The number of amides is 2. The Kier molecular flexibility index (Phi) is 7.15. The fourth-order valence-electron chi connectivity index (χ4n) is 2.99. The molecule has 1 fully saturated rings. The lowest BCUT2D eigenvalue weighted by Crippen LogP contribution is -2.52. The van der Waals surface area contributed by atoms with Gasteiger partial charge in [-0.3, -0.25) is 0 Å². The third kappa shape index (κ3) is 5.58. The molecule has 6 nitrogen and oxygen atoms in total. The number of hydrogen-bond donors (Lipinski definition) is 4. The number of carbonyl (C=O) groups is 1. The molecule has 1 saturated heterocycles. The second kappa shape index (κ2) is 9.34. The van der Waals surface area contributed by atoms with Crippen LogP contribution in [0.1, 0.15) is 25.3 Å². The third-order valence-corrected chi connectivity index (χ3v) is 4.24. The quantitative estimate of drug-likeness (QED) is 0.560. The Labute approximate surface area is 143 Å². The highest BCUT2D eigenvalue weighted by Crippen LogP contribution is 2.16. The highest BCUT2D eigenvalue weighted by molar-refractivity contribution is 6.43. The topological polar surface area (TPSA) is 84.8 Å². The molecule has 1 aliphatic rings. The number of rotatable bonds is 7. The van der Waals surface area contributed by atoms with Crippen molar-refractivity contribution in [3.63, 3.8) is 0 Å². The van der Waals surface area contributed by atoms with Crippen molar-refractivity contribution < 1.29 is 14.8 Å². The second-order valence-electron chi connectivity index (χ2n) is 6.08. The molecule has 0 saturated carbocycles. The fraction of sp³-hybridized carbons (Fsp3) is 0.471. The number of nitrogens with one attached hydrogen (secondary N) is 2. The molecule has 1 aromatic rings. The number of likely N-dealkylation sites (tertiary alicyclic amines) is 1. The summed E-state index contributed by atoms with van der Waals surface area (Å²) in [7, 11) is -1.61. The monoisotopic (exact) mass is 331 g/mol. The lowest BCUT2D eigenvalue weighted by atomic mass is 9.76. The van der Waals surface area contributed by atoms with Crippen LogP contribution in [0.3, 0.4) is 0 Å². The summed E-state index contributed by atoms with van der Waals surface area (Å²) in [5, 5.41) is 24.5. The van der Waals surface area contributed by atoms with E-state index in [-0.39, 0.29) is 6.03 Å². The van der Waals surface area contributed by atoms with Gasteiger partial charge >= 0.3 is 13.1 Å². The molecular weight excluding hydrogens is 305 g/mol. The normalized spacial score (nSPS) is 18.6. The van der Waals surface area contributed by atoms with Crippen LogP contribution in [0.4, 0.5) is 4.79 Å². The van der Waals surface area contributed by atoms with Crippen molar-refractivity contribution in [3.05, 3.63) is 48.2 Å². The van der Waals surface area contributed by atoms with E-state index in [1.54, 1.807) is 0 Å². The highest BCUT2D eigenvalue weighted by atomic mass is 16.4. The summed E-state index contributed by atoms with van der Waals surface area (Å²) >= 11 is 0. The van der Waals surface area contributed by atoms with E-state index in [1.165, 1.54) is 0 Å². The second-order valence-corrected chi connectivity index (χ2v) is 6.08. The summed E-state index contributed by atoms with van der Waals surface area (Å²) in [5.74, 6) is -0.748. The van der Waals surface area contributed by atoms with Crippen molar-refractivity contribution in [1.29, 1.82) is 0 Å². The molecule has 4 N–H and O–H groups in total. The van der Waals surface area contributed by atoms with Gasteiger partial charge in [-0.25, -0.2) is 4.79 Å². The van der Waals surface area contributed by atoms with Gasteiger partial charge in [0.2, 0.25) is 0 Å². The van der Waals surface area contributed by atoms with Crippen LogP contribution in [0.15, 0.2) is 42.6 Å². The van der Waals surface area contributed by atoms with E-state index >= 15 is 0 Å². The first kappa shape index (κ1) is 18.4. The fourth-order valence-corrected chi connectivity index (χ4v) is 2.99. The first-order valence-corrected chi connectivity index (χ1v) is 8.43. The van der Waals surface area contributed by atoms with E-state index < -0.39 is 13.1 Å². The van der Waals surface area contributed by atoms with Gasteiger partial charge < -0.3 is 25.6 Å². The minimum absolute atomic E-state index is 0.290. The smallest absolute Gasteiger partial charge is 0.426 e. The predicted molar refractivity (Wildman–Crippen MR) is 95.2 cm³/mol. The molecule has 1 heterocycles. The van der Waals surface area contributed by atoms with Crippen LogP contribution >= 0.6 is 0 Å². The van der Waals surface area contributed by atoms with Gasteiger partial charge in [0.1, 0.15) is 0 Å². The van der Waals surface area contributed by atoms with Crippen LogP contribution in [0.2, 0.25) is 0 Å². The molecule has 0 bridgehead atoms. The van der Waals surface area contributed by atoms with Crippen molar-refractivity contribution in [2.75, 3.05) is 13.1 Å². The molecule has 0 radical (unpaired) electrons. The molecule has 0 unspecified atom stereocenters. The van der Waals surface area contributed by atoms with Crippen molar-refractivity contribution in [2.24, 2.45) is 0 Å². The van der Waals surface area contributed by atoms with Crippen LogP contribution < -0.4 is 10.6 Å². The van der Waals surface area contributed by atoms with E-state index in [0.717, 1.165) is 24.9 Å². The van der Waals surface area contributed by atoms with Gasteiger partial charge in [-0.2, -0.15) is 0 Å². The van der Waals surface area contributed by atoms with E-state index in [0.29, 0.717) is 19.0 Å². The maximum atomic E-state index is 12.1. The van der Waals surface area contributed by atoms with Crippen LogP contribution in [-0.2, 0) is 6.42 Å². The van der Waals surface area contributed by atoms with Gasteiger partial charge in [-0.1, -0.05) is 36.4 Å². The number of carbonyl (C=O) groups excluding carboxylic acids is 1. The van der Waals surface area contributed by atoms with Gasteiger partial charge in [-0.15, -0.1) is 0 Å². The number of allylic oxidation sites excluding steroid dienone is 1. The van der Waals surface area contributed by atoms with Gasteiger partial charge in [0.25, 0.3) is 0 Å². The molecule has 1 aliphatic heterocycles. The first-order chi connectivity index (χ1) is 11.6. The standard InChI is InChI=1S/C17H26BN3O3/c1-2-10-21-11-6-9-15(21)13-19-17(22)20-16(18(23)24)12-14-7-4-3-5-8-14/h2-5,7-8,10,15-16,23-24H,6,9,11-13H2,1H3,(H2,19,20,22)/t15-,16+/m1/s1. The van der Waals surface area contributed by atoms with Gasteiger partial charge in [-0.05, 0) is 37.9 Å². The molecule has 24 heavy (non-hydrogen) atoms. The third-order valence-electron chi connectivity index (χ3n) is 4.24. The number of urea groups is 1. The Morgan fingerprint density at radius 2 is 2.17 bits per heavy atom. The Bertz CT molecular complexity index is 539. The minimum Gasteiger partial charge on any atom is -0.426 e. The number of hydrogen-bond acceptors (Lipinski definition) is 4. The van der Waals surface area contributed by atoms with Crippen LogP contribution in [0, 0.1) is 0 Å². The van der Waals surface area contributed by atoms with Crippen LogP contribution in [0.5, 0.6) is 0 Å². The zero-order valence-electron chi connectivity index (χ0n) is 14.1. The summed E-state index contributed by atoms with van der Waals surface area (Å²) in [6, 6.07) is 9.35. The maximum Gasteiger partial charge on any atom is 0.475 e. The summed E-state index contributed by atoms with van der Waals surface area (Å²) in [6.45, 7) is 3.52. The molecular formula is C17H26BN3O3. The van der Waals surface area contributed by atoms with E-state index in [9.17, 15) is 14.8 Å². The highest BCUT2D eigenvalue weighted by Gasteiger charge is 2.26. The molecule has 2 amide bonds. The molecule has 0 aliphatic carbocycles. The van der Waals surface area contributed by atoms with E-state index in [1.807, 2.05) is 49.5 Å². The predicted octanol–water partition coefficient (Wildman–Crippen LogP) is 0.907. The Hall–Kier alpha value is -1.99. The minimum atomic E-state index is -1.61.